The summed E-state index contributed by atoms with van der Waals surface area (Å²) < 4.78 is 5.16. The molecule has 0 unspecified atom stereocenters. The molecule has 0 N–H and O–H groups in total. The fraction of sp³-hybridized carbons (Fsp3) is 0. The molecule has 0 fully saturated rings. The second-order valence-corrected chi connectivity index (χ2v) is 5.35. The van der Waals surface area contributed by atoms with Crippen LogP contribution >= 0.6 is 22.9 Å². The number of hydrogen-bond donors (Lipinski definition) is 0. The second-order valence-electron chi connectivity index (χ2n) is 4.16. The monoisotopic (exact) mass is 313 g/mol. The van der Waals surface area contributed by atoms with Gasteiger partial charge in [0.1, 0.15) is 5.03 Å². The molecule has 21 heavy (non-hydrogen) atoms. The molecule has 6 heteroatoms. The number of benzene rings is 1. The predicted octanol–water partition coefficient (Wildman–Crippen LogP) is 4.41. The number of thiophene rings is 1. The number of nitrogens with zero attached hydrogens (tertiary/aromatic N) is 3. The van der Waals surface area contributed by atoms with Crippen LogP contribution in [-0.2, 0) is 0 Å². The average Bonchev–Trinajstić information content (AvgIpc) is 3.19. The van der Waals surface area contributed by atoms with E-state index in [-0.39, 0.29) is 5.89 Å². The maximum absolute atomic E-state index is 8.76. The van der Waals surface area contributed by atoms with Crippen LogP contribution in [0.1, 0.15) is 17.0 Å². The van der Waals surface area contributed by atoms with Gasteiger partial charge in [0, 0.05) is 10.9 Å². The Labute approximate surface area is 129 Å². The lowest BCUT2D eigenvalue weighted by Crippen LogP contribution is -1.80. The standard InChI is InChI=1S/C15H8ClN3OS/c16-13(7-10-1-3-11(8-17)4-2-10)15-18-14(19-20-15)12-5-6-21-9-12/h1-7,9H/b13-7+. The third-order valence-electron chi connectivity index (χ3n) is 2.74. The van der Waals surface area contributed by atoms with Gasteiger partial charge < -0.3 is 4.52 Å². The van der Waals surface area contributed by atoms with E-state index in [1.165, 1.54) is 0 Å². The SMILES string of the molecule is N#Cc1ccc(/C=C(/Cl)c2nc(-c3ccsc3)no2)cc1. The topological polar surface area (TPSA) is 62.7 Å². The summed E-state index contributed by atoms with van der Waals surface area (Å²) in [6.07, 6.45) is 1.72. The molecule has 4 nitrogen and oxygen atoms in total. The minimum atomic E-state index is 0.266. The Balaban J connectivity index is 1.86. The van der Waals surface area contributed by atoms with E-state index in [9.17, 15) is 0 Å². The van der Waals surface area contributed by atoms with Crippen molar-refractivity contribution in [1.29, 1.82) is 5.26 Å². The van der Waals surface area contributed by atoms with Gasteiger partial charge in [-0.3, -0.25) is 0 Å². The molecule has 3 aromatic rings. The zero-order chi connectivity index (χ0) is 14.7. The van der Waals surface area contributed by atoms with E-state index in [0.717, 1.165) is 11.1 Å². The molecule has 0 radical (unpaired) electrons. The summed E-state index contributed by atoms with van der Waals surface area (Å²) in [6, 6.07) is 11.0. The number of hydrogen-bond acceptors (Lipinski definition) is 5. The molecule has 0 aliphatic carbocycles. The Hall–Kier alpha value is -2.42. The van der Waals surface area contributed by atoms with Crippen LogP contribution in [0, 0.1) is 11.3 Å². The molecule has 0 aliphatic rings. The Morgan fingerprint density at radius 1 is 1.29 bits per heavy atom. The van der Waals surface area contributed by atoms with Crippen molar-refractivity contribution in [2.75, 3.05) is 0 Å². The van der Waals surface area contributed by atoms with Crippen LogP contribution in [0.2, 0.25) is 0 Å². The zero-order valence-corrected chi connectivity index (χ0v) is 12.2. The molecule has 3 rings (SSSR count). The van der Waals surface area contributed by atoms with Crippen molar-refractivity contribution in [2.24, 2.45) is 0 Å². The lowest BCUT2D eigenvalue weighted by atomic mass is 10.1. The zero-order valence-electron chi connectivity index (χ0n) is 10.7. The van der Waals surface area contributed by atoms with Crippen molar-refractivity contribution >= 4 is 34.0 Å². The average molecular weight is 314 g/mol. The van der Waals surface area contributed by atoms with Gasteiger partial charge in [0.2, 0.25) is 5.82 Å². The van der Waals surface area contributed by atoms with Gasteiger partial charge in [-0.05, 0) is 35.2 Å². The van der Waals surface area contributed by atoms with Crippen LogP contribution in [0.3, 0.4) is 0 Å². The van der Waals surface area contributed by atoms with E-state index in [4.69, 9.17) is 21.4 Å². The smallest absolute Gasteiger partial charge is 0.269 e. The molecule has 102 valence electrons. The first-order valence-corrected chi connectivity index (χ1v) is 7.32. The highest BCUT2D eigenvalue weighted by atomic mass is 35.5. The number of halogens is 1. The lowest BCUT2D eigenvalue weighted by Gasteiger charge is -1.94. The highest BCUT2D eigenvalue weighted by molar-refractivity contribution is 7.08. The molecule has 0 saturated heterocycles. The summed E-state index contributed by atoms with van der Waals surface area (Å²) in [7, 11) is 0. The summed E-state index contributed by atoms with van der Waals surface area (Å²) in [6.45, 7) is 0. The number of nitriles is 1. The van der Waals surface area contributed by atoms with E-state index < -0.39 is 0 Å². The Kier molecular flexibility index (Phi) is 3.82. The fourth-order valence-corrected chi connectivity index (χ4v) is 2.53. The predicted molar refractivity (Wildman–Crippen MR) is 82.5 cm³/mol. The van der Waals surface area contributed by atoms with Gasteiger partial charge in [-0.2, -0.15) is 21.6 Å². The van der Waals surface area contributed by atoms with Crippen molar-refractivity contribution in [3.63, 3.8) is 0 Å². The largest absolute Gasteiger partial charge is 0.333 e. The first-order chi connectivity index (χ1) is 10.3. The molecule has 1 aromatic carbocycles. The van der Waals surface area contributed by atoms with Crippen LogP contribution in [0.5, 0.6) is 0 Å². The van der Waals surface area contributed by atoms with Crippen molar-refractivity contribution < 1.29 is 4.52 Å². The van der Waals surface area contributed by atoms with Crippen molar-refractivity contribution in [1.82, 2.24) is 10.1 Å². The first-order valence-electron chi connectivity index (χ1n) is 6.00. The van der Waals surface area contributed by atoms with Gasteiger partial charge in [-0.25, -0.2) is 0 Å². The van der Waals surface area contributed by atoms with Crippen molar-refractivity contribution in [3.05, 3.63) is 58.1 Å². The summed E-state index contributed by atoms with van der Waals surface area (Å²) in [4.78, 5) is 4.26. The number of aromatic nitrogens is 2. The third kappa shape index (κ3) is 3.02. The van der Waals surface area contributed by atoms with E-state index in [2.05, 4.69) is 16.2 Å². The highest BCUT2D eigenvalue weighted by Crippen LogP contribution is 2.25. The van der Waals surface area contributed by atoms with Gasteiger partial charge in [-0.1, -0.05) is 28.9 Å². The van der Waals surface area contributed by atoms with Gasteiger partial charge in [0.05, 0.1) is 11.6 Å². The first kappa shape index (κ1) is 13.6. The van der Waals surface area contributed by atoms with Crippen LogP contribution < -0.4 is 0 Å². The van der Waals surface area contributed by atoms with Gasteiger partial charge >= 0.3 is 0 Å². The Morgan fingerprint density at radius 3 is 2.76 bits per heavy atom. The summed E-state index contributed by atoms with van der Waals surface area (Å²) in [5.74, 6) is 0.778. The second kappa shape index (κ2) is 5.92. The molecule has 0 spiro atoms. The molecular formula is C15H8ClN3OS. The van der Waals surface area contributed by atoms with Gasteiger partial charge in [-0.15, -0.1) is 0 Å². The van der Waals surface area contributed by atoms with Crippen LogP contribution in [0.4, 0.5) is 0 Å². The van der Waals surface area contributed by atoms with E-state index in [1.54, 1.807) is 41.7 Å². The lowest BCUT2D eigenvalue weighted by molar-refractivity contribution is 0.410. The van der Waals surface area contributed by atoms with Gasteiger partial charge in [0.25, 0.3) is 5.89 Å². The molecule has 0 saturated carbocycles. The van der Waals surface area contributed by atoms with Crippen LogP contribution in [0.15, 0.2) is 45.6 Å². The van der Waals surface area contributed by atoms with Crippen LogP contribution in [-0.4, -0.2) is 10.1 Å². The maximum atomic E-state index is 8.76. The fourth-order valence-electron chi connectivity index (χ4n) is 1.69. The minimum Gasteiger partial charge on any atom is -0.333 e. The van der Waals surface area contributed by atoms with E-state index >= 15 is 0 Å². The quantitative estimate of drug-likeness (QED) is 0.718. The third-order valence-corrected chi connectivity index (χ3v) is 3.70. The van der Waals surface area contributed by atoms with E-state index in [0.29, 0.717) is 16.4 Å². The van der Waals surface area contributed by atoms with Gasteiger partial charge in [0.15, 0.2) is 0 Å². The molecule has 0 bridgehead atoms. The summed E-state index contributed by atoms with van der Waals surface area (Å²) in [5.41, 5.74) is 2.35. The van der Waals surface area contributed by atoms with Crippen LogP contribution in [0.25, 0.3) is 22.5 Å². The molecule has 0 atom stereocenters. The minimum absolute atomic E-state index is 0.266. The summed E-state index contributed by atoms with van der Waals surface area (Å²) in [5, 5.41) is 16.9. The van der Waals surface area contributed by atoms with E-state index in [1.807, 2.05) is 16.8 Å². The number of rotatable bonds is 3. The highest BCUT2D eigenvalue weighted by Gasteiger charge is 2.11. The normalized spacial score (nSPS) is 11.3. The molecule has 2 heterocycles. The Bertz CT molecular complexity index is 813. The summed E-state index contributed by atoms with van der Waals surface area (Å²) >= 11 is 7.75. The molecule has 0 aliphatic heterocycles. The van der Waals surface area contributed by atoms with Crippen molar-refractivity contribution in [2.45, 2.75) is 0 Å². The molecular weight excluding hydrogens is 306 g/mol. The molecule has 0 amide bonds. The molecule has 2 aromatic heterocycles. The Morgan fingerprint density at radius 2 is 2.10 bits per heavy atom. The van der Waals surface area contributed by atoms with Crippen molar-refractivity contribution in [3.8, 4) is 17.5 Å². The maximum Gasteiger partial charge on any atom is 0.269 e.